The molecule has 4 amide bonds. The molecular weight excluding hydrogens is 816 g/mol. The molecule has 0 saturated carbocycles. The van der Waals surface area contributed by atoms with E-state index in [1.807, 2.05) is 30.3 Å². The van der Waals surface area contributed by atoms with E-state index in [1.165, 1.54) is 16.7 Å². The smallest absolute Gasteiger partial charge is 0.408 e. The maximum Gasteiger partial charge on any atom is 0.408 e. The highest BCUT2D eigenvalue weighted by molar-refractivity contribution is 5.84. The van der Waals surface area contributed by atoms with Crippen molar-refractivity contribution in [2.45, 2.75) is 123 Å². The SMILES string of the molecule is CC(=O)CCC(=O)N(CCOC(=O)CC[C@H](NC(=O)OC(C)(C)C)C(=O)OCCN(CCO)C(=O)CCc1ccccc1)CCOC(=O)[C@H](CCC(=O)O)NC(=O)OC(C)(C)C. The number of aliphatic hydroxyl groups is 1. The zero-order chi connectivity index (χ0) is 46.9. The average Bonchev–Trinajstić information content (AvgIpc) is 3.16. The molecule has 0 aliphatic carbocycles. The second-order valence-corrected chi connectivity index (χ2v) is 16.1. The van der Waals surface area contributed by atoms with E-state index >= 15 is 0 Å². The number of nitrogens with zero attached hydrogens (tertiary/aromatic N) is 2. The Kier molecular flexibility index (Phi) is 24.4. The topological polar surface area (TPSA) is 271 Å². The number of benzene rings is 1. The van der Waals surface area contributed by atoms with Crippen LogP contribution in [0.4, 0.5) is 9.59 Å². The third-order valence-electron chi connectivity index (χ3n) is 8.31. The molecule has 1 rings (SSSR count). The summed E-state index contributed by atoms with van der Waals surface area (Å²) < 4.78 is 26.3. The van der Waals surface area contributed by atoms with Crippen LogP contribution >= 0.6 is 0 Å². The van der Waals surface area contributed by atoms with Crippen LogP contribution in [-0.4, -0.2) is 150 Å². The molecule has 4 N–H and O–H groups in total. The number of hydrogen-bond donors (Lipinski definition) is 4. The van der Waals surface area contributed by atoms with E-state index in [0.717, 1.165) is 5.56 Å². The molecule has 1 aromatic rings. The number of Topliss-reactive ketones (excluding diaryl/α,β-unsaturated/α-hetero) is 1. The standard InChI is InChI=1S/C42H64N4O16/c1-29(48)13-17-33(49)46(24-28-60-37(54)31(15-19-35(51)52)43-39(56)61-41(2,3)4)22-26-58-36(53)20-16-32(44-40(57)62-42(5,6)7)38(55)59-27-23-45(21-25-47)34(50)18-14-30-11-9-8-10-12-30/h8-12,31-32,47H,13-28H2,1-7H3,(H,43,56)(H,44,57)(H,51,52)/t31-,32-/m0/s1. The van der Waals surface area contributed by atoms with Gasteiger partial charge in [0.15, 0.2) is 0 Å². The molecule has 0 unspecified atom stereocenters. The third kappa shape index (κ3) is 25.7. The van der Waals surface area contributed by atoms with Gasteiger partial charge in [0.1, 0.15) is 48.9 Å². The van der Waals surface area contributed by atoms with E-state index in [2.05, 4.69) is 10.6 Å². The Morgan fingerprint density at radius 3 is 1.52 bits per heavy atom. The molecule has 62 heavy (non-hydrogen) atoms. The summed E-state index contributed by atoms with van der Waals surface area (Å²) in [6.07, 6.45) is -3.05. The summed E-state index contributed by atoms with van der Waals surface area (Å²) in [6, 6.07) is 6.59. The normalized spacial score (nSPS) is 12.1. The summed E-state index contributed by atoms with van der Waals surface area (Å²) in [5, 5.41) is 23.3. The van der Waals surface area contributed by atoms with Gasteiger partial charge in [0.25, 0.3) is 0 Å². The number of amides is 4. The first-order valence-electron chi connectivity index (χ1n) is 20.4. The second-order valence-electron chi connectivity index (χ2n) is 16.1. The largest absolute Gasteiger partial charge is 0.481 e. The predicted molar refractivity (Wildman–Crippen MR) is 220 cm³/mol. The quantitative estimate of drug-likeness (QED) is 0.0731. The Labute approximate surface area is 362 Å². The number of alkyl carbamates (subject to hydrolysis) is 2. The number of carboxylic acid groups (broad SMARTS) is 1. The molecule has 0 aliphatic heterocycles. The fourth-order valence-electron chi connectivity index (χ4n) is 5.32. The number of hydrogen-bond acceptors (Lipinski definition) is 15. The van der Waals surface area contributed by atoms with E-state index in [9.17, 15) is 48.3 Å². The lowest BCUT2D eigenvalue weighted by molar-refractivity contribution is -0.150. The zero-order valence-electron chi connectivity index (χ0n) is 36.9. The van der Waals surface area contributed by atoms with Crippen molar-refractivity contribution in [2.75, 3.05) is 52.6 Å². The molecule has 0 heterocycles. The fraction of sp³-hybridized carbons (Fsp3) is 0.643. The molecule has 0 aliphatic rings. The van der Waals surface area contributed by atoms with Crippen LogP contribution in [0.15, 0.2) is 30.3 Å². The molecule has 0 fully saturated rings. The van der Waals surface area contributed by atoms with Crippen molar-refractivity contribution in [1.29, 1.82) is 0 Å². The number of ether oxygens (including phenoxy) is 5. The summed E-state index contributed by atoms with van der Waals surface area (Å²) in [5.74, 6) is -4.99. The average molecular weight is 881 g/mol. The number of aliphatic hydroxyl groups excluding tert-OH is 1. The van der Waals surface area contributed by atoms with E-state index in [-0.39, 0.29) is 89.8 Å². The van der Waals surface area contributed by atoms with E-state index < -0.39 is 84.7 Å². The Morgan fingerprint density at radius 2 is 1.06 bits per heavy atom. The van der Waals surface area contributed by atoms with Crippen molar-refractivity contribution in [2.24, 2.45) is 0 Å². The lowest BCUT2D eigenvalue weighted by Crippen LogP contribution is -2.45. The Morgan fingerprint density at radius 1 is 0.613 bits per heavy atom. The molecule has 1 aromatic carbocycles. The van der Waals surface area contributed by atoms with Crippen molar-refractivity contribution in [3.63, 3.8) is 0 Å². The van der Waals surface area contributed by atoms with Crippen molar-refractivity contribution in [1.82, 2.24) is 20.4 Å². The lowest BCUT2D eigenvalue weighted by atomic mass is 10.1. The molecule has 0 radical (unpaired) electrons. The number of carboxylic acids is 1. The summed E-state index contributed by atoms with van der Waals surface area (Å²) >= 11 is 0. The minimum atomic E-state index is -1.38. The highest BCUT2D eigenvalue weighted by Crippen LogP contribution is 2.12. The highest BCUT2D eigenvalue weighted by Gasteiger charge is 2.29. The predicted octanol–water partition coefficient (Wildman–Crippen LogP) is 2.70. The second kappa shape index (κ2) is 27.9. The maximum absolute atomic E-state index is 13.2. The van der Waals surface area contributed by atoms with Crippen LogP contribution in [0.25, 0.3) is 0 Å². The summed E-state index contributed by atoms with van der Waals surface area (Å²) in [7, 11) is 0. The van der Waals surface area contributed by atoms with Gasteiger partial charge in [-0.3, -0.25) is 19.2 Å². The van der Waals surface area contributed by atoms with Crippen LogP contribution in [0, 0.1) is 0 Å². The van der Waals surface area contributed by atoms with Crippen molar-refractivity contribution in [3.05, 3.63) is 35.9 Å². The van der Waals surface area contributed by atoms with Crippen LogP contribution in [-0.2, 0) is 63.7 Å². The van der Waals surface area contributed by atoms with Crippen molar-refractivity contribution >= 4 is 53.7 Å². The van der Waals surface area contributed by atoms with Gasteiger partial charge < -0.3 is 59.1 Å². The molecule has 20 nitrogen and oxygen atoms in total. The number of rotatable bonds is 27. The van der Waals surface area contributed by atoms with Gasteiger partial charge in [-0.2, -0.15) is 0 Å². The van der Waals surface area contributed by atoms with Crippen molar-refractivity contribution < 1.29 is 77.0 Å². The van der Waals surface area contributed by atoms with Gasteiger partial charge >= 0.3 is 36.1 Å². The van der Waals surface area contributed by atoms with Gasteiger partial charge in [-0.25, -0.2) is 19.2 Å². The van der Waals surface area contributed by atoms with E-state index in [0.29, 0.717) is 6.42 Å². The third-order valence-corrected chi connectivity index (χ3v) is 8.31. The molecule has 0 aromatic heterocycles. The number of aryl methyl sites for hydroxylation is 1. The summed E-state index contributed by atoms with van der Waals surface area (Å²) in [5.41, 5.74) is -0.873. The highest BCUT2D eigenvalue weighted by atomic mass is 16.6. The number of nitrogens with one attached hydrogen (secondary N) is 2. The minimum absolute atomic E-state index is 0.00387. The number of esters is 3. The molecule has 0 spiro atoms. The van der Waals surface area contributed by atoms with Gasteiger partial charge in [0, 0.05) is 38.6 Å². The first kappa shape index (κ1) is 54.2. The molecule has 0 saturated heterocycles. The van der Waals surface area contributed by atoms with Gasteiger partial charge in [-0.05, 0) is 73.3 Å². The molecular formula is C42H64N4O16. The molecule has 20 heteroatoms. The minimum Gasteiger partial charge on any atom is -0.481 e. The van der Waals surface area contributed by atoms with Gasteiger partial charge in [-0.15, -0.1) is 0 Å². The van der Waals surface area contributed by atoms with Gasteiger partial charge in [-0.1, -0.05) is 30.3 Å². The van der Waals surface area contributed by atoms with Crippen LogP contribution in [0.3, 0.4) is 0 Å². The number of ketones is 1. The molecule has 348 valence electrons. The van der Waals surface area contributed by atoms with Gasteiger partial charge in [0.05, 0.1) is 26.2 Å². The monoisotopic (exact) mass is 880 g/mol. The van der Waals surface area contributed by atoms with Gasteiger partial charge in [0.2, 0.25) is 11.8 Å². The van der Waals surface area contributed by atoms with E-state index in [4.69, 9.17) is 28.8 Å². The maximum atomic E-state index is 13.2. The summed E-state index contributed by atoms with van der Waals surface area (Å²) in [4.78, 5) is 115. The Bertz CT molecular complexity index is 1640. The Hall–Kier alpha value is -5.79. The van der Waals surface area contributed by atoms with Crippen LogP contribution in [0.1, 0.15) is 99.0 Å². The Balaban J connectivity index is 2.89. The fourth-order valence-corrected chi connectivity index (χ4v) is 5.32. The number of aliphatic carboxylic acids is 1. The molecule has 2 atom stereocenters. The number of carbonyl (C=O) groups excluding carboxylic acids is 8. The first-order valence-corrected chi connectivity index (χ1v) is 20.4. The van der Waals surface area contributed by atoms with Crippen LogP contribution in [0.5, 0.6) is 0 Å². The van der Waals surface area contributed by atoms with Crippen LogP contribution in [0.2, 0.25) is 0 Å². The lowest BCUT2D eigenvalue weighted by Gasteiger charge is -2.25. The van der Waals surface area contributed by atoms with Crippen molar-refractivity contribution in [3.8, 4) is 0 Å². The first-order chi connectivity index (χ1) is 29.0. The molecule has 0 bridgehead atoms. The van der Waals surface area contributed by atoms with E-state index in [1.54, 1.807) is 41.5 Å². The van der Waals surface area contributed by atoms with Crippen LogP contribution < -0.4 is 10.6 Å². The summed E-state index contributed by atoms with van der Waals surface area (Å²) in [6.45, 7) is 9.12. The zero-order valence-corrected chi connectivity index (χ0v) is 36.9. The number of carbonyl (C=O) groups is 9.